The van der Waals surface area contributed by atoms with Crippen LogP contribution in [0.3, 0.4) is 0 Å². The highest BCUT2D eigenvalue weighted by Gasteiger charge is 2.41. The zero-order valence-corrected chi connectivity index (χ0v) is 7.61. The molecule has 1 aliphatic heterocycles. The molecule has 0 bridgehead atoms. The molecule has 1 heterocycles. The number of alkyl halides is 4. The summed E-state index contributed by atoms with van der Waals surface area (Å²) in [6.07, 6.45) is -2.80. The van der Waals surface area contributed by atoms with Crippen LogP contribution >= 0.6 is 0 Å². The molecule has 1 unspecified atom stereocenters. The van der Waals surface area contributed by atoms with Crippen molar-refractivity contribution in [2.75, 3.05) is 26.3 Å². The summed E-state index contributed by atoms with van der Waals surface area (Å²) in [5.41, 5.74) is 0. The van der Waals surface area contributed by atoms with Crippen molar-refractivity contribution in [1.82, 2.24) is 5.32 Å². The van der Waals surface area contributed by atoms with E-state index in [9.17, 15) is 17.6 Å². The van der Waals surface area contributed by atoms with Crippen LogP contribution < -0.4 is 5.32 Å². The topological polar surface area (TPSA) is 21.3 Å². The van der Waals surface area contributed by atoms with Crippen LogP contribution in [-0.4, -0.2) is 38.7 Å². The third kappa shape index (κ3) is 3.42. The molecule has 14 heavy (non-hydrogen) atoms. The van der Waals surface area contributed by atoms with Crippen molar-refractivity contribution in [2.24, 2.45) is 5.92 Å². The predicted molar refractivity (Wildman–Crippen MR) is 42.7 cm³/mol. The molecule has 1 aliphatic rings. The number of hydrogen-bond acceptors (Lipinski definition) is 2. The molecule has 0 aliphatic carbocycles. The predicted octanol–water partition coefficient (Wildman–Crippen LogP) is 1.51. The summed E-state index contributed by atoms with van der Waals surface area (Å²) in [6, 6.07) is 0. The largest absolute Gasteiger partial charge is 0.375 e. The van der Waals surface area contributed by atoms with Gasteiger partial charge in [0.15, 0.2) is 0 Å². The van der Waals surface area contributed by atoms with Crippen LogP contribution in [0, 0.1) is 5.92 Å². The second-order valence-electron chi connectivity index (χ2n) is 3.44. The Kier molecular flexibility index (Phi) is 4.12. The molecule has 0 aromatic rings. The zero-order valence-electron chi connectivity index (χ0n) is 7.61. The van der Waals surface area contributed by atoms with E-state index < -0.39 is 19.0 Å². The van der Waals surface area contributed by atoms with Crippen LogP contribution in [0.2, 0.25) is 0 Å². The molecule has 1 saturated heterocycles. The van der Waals surface area contributed by atoms with Gasteiger partial charge in [-0.1, -0.05) is 0 Å². The highest BCUT2D eigenvalue weighted by molar-refractivity contribution is 4.72. The Morgan fingerprint density at radius 2 is 2.14 bits per heavy atom. The first kappa shape index (κ1) is 11.7. The molecule has 0 saturated carbocycles. The van der Waals surface area contributed by atoms with E-state index in [1.54, 1.807) is 0 Å². The van der Waals surface area contributed by atoms with Crippen molar-refractivity contribution < 1.29 is 22.3 Å². The van der Waals surface area contributed by atoms with Crippen molar-refractivity contribution in [1.29, 1.82) is 0 Å². The monoisotopic (exact) mass is 215 g/mol. The van der Waals surface area contributed by atoms with E-state index in [4.69, 9.17) is 0 Å². The Hall–Kier alpha value is -0.360. The first-order valence-electron chi connectivity index (χ1n) is 4.47. The fraction of sp³-hybridized carbons (Fsp3) is 1.00. The van der Waals surface area contributed by atoms with Crippen molar-refractivity contribution in [3.63, 3.8) is 0 Å². The van der Waals surface area contributed by atoms with Gasteiger partial charge >= 0.3 is 12.3 Å². The minimum atomic E-state index is -4.02. The number of ether oxygens (including phenoxy) is 1. The van der Waals surface area contributed by atoms with E-state index in [1.165, 1.54) is 0 Å². The lowest BCUT2D eigenvalue weighted by Crippen LogP contribution is -2.33. The molecule has 1 rings (SSSR count). The van der Waals surface area contributed by atoms with E-state index in [2.05, 4.69) is 10.1 Å². The molecule has 1 fully saturated rings. The Labute approximate surface area is 79.6 Å². The number of hydrogen-bond donors (Lipinski definition) is 1. The lowest BCUT2D eigenvalue weighted by atomic mass is 10.1. The number of rotatable bonds is 5. The van der Waals surface area contributed by atoms with E-state index >= 15 is 0 Å². The Bertz CT molecular complexity index is 171. The zero-order chi connectivity index (χ0) is 10.6. The molecule has 1 N–H and O–H groups in total. The van der Waals surface area contributed by atoms with E-state index in [1.807, 2.05) is 0 Å². The third-order valence-corrected chi connectivity index (χ3v) is 2.13. The first-order chi connectivity index (χ1) is 6.52. The highest BCUT2D eigenvalue weighted by atomic mass is 19.3. The molecular formula is C8H13F4NO. The van der Waals surface area contributed by atoms with Gasteiger partial charge in [-0.15, -0.1) is 0 Å². The molecule has 0 radical (unpaired) electrons. The Morgan fingerprint density at radius 1 is 1.43 bits per heavy atom. The van der Waals surface area contributed by atoms with Crippen LogP contribution in [0.15, 0.2) is 0 Å². The fourth-order valence-corrected chi connectivity index (χ4v) is 1.28. The standard InChI is InChI=1S/C8H13F4NO/c9-7(10)8(11,12)5-14-4-6-1-2-13-3-6/h6-7,13H,1-5H2. The fourth-order valence-electron chi connectivity index (χ4n) is 1.28. The summed E-state index contributed by atoms with van der Waals surface area (Å²) < 4.78 is 52.6. The van der Waals surface area contributed by atoms with E-state index in [-0.39, 0.29) is 12.5 Å². The van der Waals surface area contributed by atoms with Crippen LogP contribution in [0.4, 0.5) is 17.6 Å². The molecule has 6 heteroatoms. The van der Waals surface area contributed by atoms with Gasteiger partial charge in [-0.25, -0.2) is 8.78 Å². The molecule has 84 valence electrons. The maximum absolute atomic E-state index is 12.3. The van der Waals surface area contributed by atoms with Crippen LogP contribution in [0.1, 0.15) is 6.42 Å². The summed E-state index contributed by atoms with van der Waals surface area (Å²) in [5, 5.41) is 3.03. The van der Waals surface area contributed by atoms with Gasteiger partial charge in [0, 0.05) is 6.54 Å². The molecule has 0 aromatic heterocycles. The van der Waals surface area contributed by atoms with Crippen molar-refractivity contribution >= 4 is 0 Å². The molecule has 1 atom stereocenters. The molecule has 0 amide bonds. The normalized spacial score (nSPS) is 23.4. The second kappa shape index (κ2) is 4.93. The van der Waals surface area contributed by atoms with Gasteiger partial charge in [-0.2, -0.15) is 8.78 Å². The quantitative estimate of drug-likeness (QED) is 0.702. The van der Waals surface area contributed by atoms with E-state index in [0.717, 1.165) is 13.0 Å². The third-order valence-electron chi connectivity index (χ3n) is 2.13. The SMILES string of the molecule is FC(F)C(F)(F)COCC1CCNC1. The van der Waals surface area contributed by atoms with Gasteiger partial charge in [0.25, 0.3) is 0 Å². The molecule has 2 nitrogen and oxygen atoms in total. The van der Waals surface area contributed by atoms with Gasteiger partial charge < -0.3 is 10.1 Å². The van der Waals surface area contributed by atoms with Crippen molar-refractivity contribution in [2.45, 2.75) is 18.8 Å². The van der Waals surface area contributed by atoms with E-state index in [0.29, 0.717) is 6.54 Å². The van der Waals surface area contributed by atoms with Crippen LogP contribution in [-0.2, 0) is 4.74 Å². The Morgan fingerprint density at radius 3 is 2.64 bits per heavy atom. The van der Waals surface area contributed by atoms with Gasteiger partial charge in [0.05, 0.1) is 6.61 Å². The summed E-state index contributed by atoms with van der Waals surface area (Å²) >= 11 is 0. The van der Waals surface area contributed by atoms with Gasteiger partial charge in [-0.05, 0) is 18.9 Å². The molecule has 0 aromatic carbocycles. The minimum Gasteiger partial charge on any atom is -0.375 e. The average Bonchev–Trinajstić information content (AvgIpc) is 2.56. The van der Waals surface area contributed by atoms with Crippen molar-refractivity contribution in [3.8, 4) is 0 Å². The first-order valence-corrected chi connectivity index (χ1v) is 4.47. The highest BCUT2D eigenvalue weighted by Crippen LogP contribution is 2.23. The second-order valence-corrected chi connectivity index (χ2v) is 3.44. The lowest BCUT2D eigenvalue weighted by Gasteiger charge is -2.16. The Balaban J connectivity index is 2.13. The van der Waals surface area contributed by atoms with Gasteiger partial charge in [0.2, 0.25) is 0 Å². The van der Waals surface area contributed by atoms with Gasteiger partial charge in [-0.3, -0.25) is 0 Å². The number of nitrogens with one attached hydrogen (secondary N) is 1. The van der Waals surface area contributed by atoms with Crippen LogP contribution in [0.5, 0.6) is 0 Å². The van der Waals surface area contributed by atoms with Crippen LogP contribution in [0.25, 0.3) is 0 Å². The number of halogens is 4. The van der Waals surface area contributed by atoms with Gasteiger partial charge in [0.1, 0.15) is 6.61 Å². The summed E-state index contributed by atoms with van der Waals surface area (Å²) in [5.74, 6) is -3.85. The molecule has 0 spiro atoms. The maximum atomic E-state index is 12.3. The summed E-state index contributed by atoms with van der Waals surface area (Å²) in [6.45, 7) is 0.468. The smallest absolute Gasteiger partial charge is 0.330 e. The lowest BCUT2D eigenvalue weighted by molar-refractivity contribution is -0.167. The summed E-state index contributed by atoms with van der Waals surface area (Å²) in [4.78, 5) is 0. The minimum absolute atomic E-state index is 0.120. The average molecular weight is 215 g/mol. The molecular weight excluding hydrogens is 202 g/mol. The summed E-state index contributed by atoms with van der Waals surface area (Å²) in [7, 11) is 0. The van der Waals surface area contributed by atoms with Crippen molar-refractivity contribution in [3.05, 3.63) is 0 Å². The maximum Gasteiger partial charge on any atom is 0.330 e.